The van der Waals surface area contributed by atoms with Crippen LogP contribution in [0.3, 0.4) is 0 Å². The number of carbonyl (C=O) groups excluding carboxylic acids is 1. The van der Waals surface area contributed by atoms with Gasteiger partial charge in [-0.1, -0.05) is 11.6 Å². The van der Waals surface area contributed by atoms with E-state index in [4.69, 9.17) is 11.6 Å². The van der Waals surface area contributed by atoms with Gasteiger partial charge < -0.3 is 5.32 Å². The lowest BCUT2D eigenvalue weighted by Crippen LogP contribution is -2.18. The lowest BCUT2D eigenvalue weighted by Gasteiger charge is -2.06. The largest absolute Gasteiger partial charge is 0.408 e. The number of amides is 1. The first-order valence-electron chi connectivity index (χ1n) is 6.00. The van der Waals surface area contributed by atoms with Crippen molar-refractivity contribution in [2.24, 2.45) is 0 Å². The SMILES string of the molecule is O=C(Nc1cnn(CC(F)(F)F)c1)c1ccc([N+](=O)[O-])cc1Cl. The van der Waals surface area contributed by atoms with E-state index in [1.807, 2.05) is 0 Å². The first-order valence-corrected chi connectivity index (χ1v) is 6.38. The second kappa shape index (κ2) is 6.24. The van der Waals surface area contributed by atoms with Crippen LogP contribution in [0.25, 0.3) is 0 Å². The van der Waals surface area contributed by atoms with Gasteiger partial charge in [-0.2, -0.15) is 18.3 Å². The highest BCUT2D eigenvalue weighted by atomic mass is 35.5. The summed E-state index contributed by atoms with van der Waals surface area (Å²) in [5.74, 6) is -0.726. The standard InChI is InChI=1S/C12H8ClF3N4O3/c13-10-3-8(20(22)23)1-2-9(10)11(21)18-7-4-17-19(5-7)6-12(14,15)16/h1-5H,6H2,(H,18,21). The van der Waals surface area contributed by atoms with Crippen LogP contribution in [-0.2, 0) is 6.54 Å². The third kappa shape index (κ3) is 4.42. The van der Waals surface area contributed by atoms with Gasteiger partial charge in [0.2, 0.25) is 0 Å². The van der Waals surface area contributed by atoms with Crippen LogP contribution < -0.4 is 5.32 Å². The summed E-state index contributed by atoms with van der Waals surface area (Å²) < 4.78 is 37.3. The van der Waals surface area contributed by atoms with Gasteiger partial charge in [0.25, 0.3) is 11.6 Å². The van der Waals surface area contributed by atoms with E-state index >= 15 is 0 Å². The minimum atomic E-state index is -4.44. The molecule has 1 heterocycles. The lowest BCUT2D eigenvalue weighted by molar-refractivity contribution is -0.384. The Balaban J connectivity index is 2.12. The summed E-state index contributed by atoms with van der Waals surface area (Å²) >= 11 is 5.79. The summed E-state index contributed by atoms with van der Waals surface area (Å²) in [5.41, 5.74) is -0.306. The number of nitro groups is 1. The number of nitrogens with one attached hydrogen (secondary N) is 1. The Morgan fingerprint density at radius 3 is 2.70 bits per heavy atom. The molecule has 0 bridgehead atoms. The molecule has 1 N–H and O–H groups in total. The molecule has 0 atom stereocenters. The van der Waals surface area contributed by atoms with Crippen LogP contribution in [0.1, 0.15) is 10.4 Å². The van der Waals surface area contributed by atoms with Crippen LogP contribution >= 0.6 is 11.6 Å². The van der Waals surface area contributed by atoms with Crippen molar-refractivity contribution in [2.45, 2.75) is 12.7 Å². The average Bonchev–Trinajstić information content (AvgIpc) is 2.83. The summed E-state index contributed by atoms with van der Waals surface area (Å²) in [6.45, 7) is -1.29. The maximum absolute atomic E-state index is 12.2. The van der Waals surface area contributed by atoms with Gasteiger partial charge >= 0.3 is 6.18 Å². The number of anilines is 1. The van der Waals surface area contributed by atoms with Gasteiger partial charge in [-0.05, 0) is 6.07 Å². The molecule has 0 saturated heterocycles. The summed E-state index contributed by atoms with van der Waals surface area (Å²) in [4.78, 5) is 21.9. The van der Waals surface area contributed by atoms with Crippen molar-refractivity contribution in [1.29, 1.82) is 0 Å². The van der Waals surface area contributed by atoms with Crippen molar-refractivity contribution in [3.8, 4) is 0 Å². The highest BCUT2D eigenvalue weighted by Crippen LogP contribution is 2.23. The number of nitro benzene ring substituents is 1. The number of non-ortho nitro benzene ring substituents is 1. The van der Waals surface area contributed by atoms with Gasteiger partial charge in [0, 0.05) is 18.3 Å². The topological polar surface area (TPSA) is 90.1 Å². The monoisotopic (exact) mass is 348 g/mol. The molecule has 2 rings (SSSR count). The van der Waals surface area contributed by atoms with Gasteiger partial charge in [-0.25, -0.2) is 0 Å². The second-order valence-electron chi connectivity index (χ2n) is 4.42. The van der Waals surface area contributed by atoms with Crippen molar-refractivity contribution in [2.75, 3.05) is 5.32 Å². The minimum absolute atomic E-state index is 0.0358. The predicted octanol–water partition coefficient (Wildman–Crippen LogP) is 3.26. The van der Waals surface area contributed by atoms with Crippen molar-refractivity contribution >= 4 is 28.9 Å². The fraction of sp³-hybridized carbons (Fsp3) is 0.167. The van der Waals surface area contributed by atoms with Crippen molar-refractivity contribution in [3.63, 3.8) is 0 Å². The Morgan fingerprint density at radius 1 is 1.43 bits per heavy atom. The fourth-order valence-corrected chi connectivity index (χ4v) is 1.96. The van der Waals surface area contributed by atoms with E-state index in [2.05, 4.69) is 10.4 Å². The second-order valence-corrected chi connectivity index (χ2v) is 4.82. The number of hydrogen-bond donors (Lipinski definition) is 1. The normalized spacial score (nSPS) is 11.3. The molecule has 2 aromatic rings. The fourth-order valence-electron chi connectivity index (χ4n) is 1.70. The highest BCUT2D eigenvalue weighted by molar-refractivity contribution is 6.34. The van der Waals surface area contributed by atoms with E-state index in [9.17, 15) is 28.1 Å². The Labute approximate surface area is 131 Å². The number of carbonyl (C=O) groups is 1. The Kier molecular flexibility index (Phi) is 4.55. The van der Waals surface area contributed by atoms with Crippen molar-refractivity contribution < 1.29 is 22.9 Å². The molecule has 0 radical (unpaired) electrons. The van der Waals surface area contributed by atoms with Gasteiger partial charge in [0.15, 0.2) is 0 Å². The molecule has 0 spiro atoms. The lowest BCUT2D eigenvalue weighted by atomic mass is 10.2. The van der Waals surface area contributed by atoms with Crippen LogP contribution in [0.15, 0.2) is 30.6 Å². The highest BCUT2D eigenvalue weighted by Gasteiger charge is 2.28. The molecule has 7 nitrogen and oxygen atoms in total. The van der Waals surface area contributed by atoms with Crippen LogP contribution in [0, 0.1) is 10.1 Å². The minimum Gasteiger partial charge on any atom is -0.319 e. The van der Waals surface area contributed by atoms with Crippen LogP contribution in [-0.4, -0.2) is 26.8 Å². The third-order valence-corrected chi connectivity index (χ3v) is 2.95. The number of benzene rings is 1. The number of alkyl halides is 3. The molecule has 0 aliphatic carbocycles. The number of halogens is 4. The molecule has 0 saturated carbocycles. The van der Waals surface area contributed by atoms with Crippen molar-refractivity contribution in [3.05, 3.63) is 51.3 Å². The Bertz CT molecular complexity index is 760. The van der Waals surface area contributed by atoms with Gasteiger partial charge in [0.1, 0.15) is 6.54 Å². The zero-order valence-corrected chi connectivity index (χ0v) is 11.9. The molecule has 0 aliphatic rings. The zero-order valence-electron chi connectivity index (χ0n) is 11.2. The van der Waals surface area contributed by atoms with Crippen LogP contribution in [0.4, 0.5) is 24.5 Å². The maximum atomic E-state index is 12.2. The number of rotatable bonds is 4. The molecule has 0 unspecified atom stereocenters. The number of aromatic nitrogens is 2. The molecule has 1 amide bonds. The molecular formula is C12H8ClF3N4O3. The van der Waals surface area contributed by atoms with Crippen LogP contribution in [0.5, 0.6) is 0 Å². The Hall–Kier alpha value is -2.62. The first-order chi connectivity index (χ1) is 10.7. The van der Waals surface area contributed by atoms with Gasteiger partial charge in [-0.15, -0.1) is 0 Å². The number of nitrogens with zero attached hydrogens (tertiary/aromatic N) is 3. The molecule has 23 heavy (non-hydrogen) atoms. The molecule has 0 aliphatic heterocycles. The van der Waals surface area contributed by atoms with Gasteiger partial charge in [-0.3, -0.25) is 19.6 Å². The maximum Gasteiger partial charge on any atom is 0.408 e. The van der Waals surface area contributed by atoms with E-state index < -0.39 is 23.6 Å². The van der Waals surface area contributed by atoms with E-state index in [1.165, 1.54) is 0 Å². The quantitative estimate of drug-likeness (QED) is 0.678. The molecular weight excluding hydrogens is 341 g/mol. The molecule has 11 heteroatoms. The van der Waals surface area contributed by atoms with E-state index in [-0.39, 0.29) is 22.0 Å². The zero-order chi connectivity index (χ0) is 17.2. The summed E-state index contributed by atoms with van der Waals surface area (Å²) in [6.07, 6.45) is -2.39. The van der Waals surface area contributed by atoms with E-state index in [0.717, 1.165) is 30.6 Å². The molecule has 1 aromatic carbocycles. The summed E-state index contributed by atoms with van der Waals surface area (Å²) in [6, 6.07) is 3.24. The average molecular weight is 349 g/mol. The van der Waals surface area contributed by atoms with Gasteiger partial charge in [0.05, 0.1) is 27.4 Å². The van der Waals surface area contributed by atoms with Crippen LogP contribution in [0.2, 0.25) is 5.02 Å². The third-order valence-electron chi connectivity index (χ3n) is 2.64. The summed E-state index contributed by atoms with van der Waals surface area (Å²) in [7, 11) is 0. The molecule has 122 valence electrons. The Morgan fingerprint density at radius 2 is 2.13 bits per heavy atom. The predicted molar refractivity (Wildman–Crippen MR) is 74.3 cm³/mol. The number of hydrogen-bond acceptors (Lipinski definition) is 4. The summed E-state index contributed by atoms with van der Waals surface area (Å²) in [5, 5.41) is 16.2. The molecule has 0 fully saturated rings. The first kappa shape index (κ1) is 16.7. The van der Waals surface area contributed by atoms with E-state index in [0.29, 0.717) is 4.68 Å². The van der Waals surface area contributed by atoms with E-state index in [1.54, 1.807) is 0 Å². The smallest absolute Gasteiger partial charge is 0.319 e. The van der Waals surface area contributed by atoms with Crippen molar-refractivity contribution in [1.82, 2.24) is 9.78 Å². The molecule has 1 aromatic heterocycles.